The molecule has 2 aliphatic heterocycles. The fourth-order valence-electron chi connectivity index (χ4n) is 3.87. The van der Waals surface area contributed by atoms with Crippen molar-refractivity contribution < 1.29 is 4.79 Å². The summed E-state index contributed by atoms with van der Waals surface area (Å²) in [6.07, 6.45) is 8.80. The Morgan fingerprint density at radius 3 is 2.15 bits per heavy atom. The lowest BCUT2D eigenvalue weighted by molar-refractivity contribution is -0.144. The second-order valence-corrected chi connectivity index (χ2v) is 6.73. The zero-order chi connectivity index (χ0) is 13.8. The predicted octanol–water partition coefficient (Wildman–Crippen LogP) is 1.46. The molecule has 0 aromatic rings. The molecule has 4 heteroatoms. The lowest BCUT2D eigenvalue weighted by Crippen LogP contribution is -2.64. The minimum absolute atomic E-state index is 0.333. The molecule has 0 aromatic heterocycles. The highest BCUT2D eigenvalue weighted by Crippen LogP contribution is 2.26. The van der Waals surface area contributed by atoms with Crippen LogP contribution in [-0.4, -0.2) is 61.0 Å². The van der Waals surface area contributed by atoms with Gasteiger partial charge in [-0.05, 0) is 12.8 Å². The molecule has 4 nitrogen and oxygen atoms in total. The molecular formula is C16H29N3O. The van der Waals surface area contributed by atoms with E-state index in [1.807, 2.05) is 0 Å². The Morgan fingerprint density at radius 2 is 1.50 bits per heavy atom. The van der Waals surface area contributed by atoms with Crippen LogP contribution in [0.1, 0.15) is 44.9 Å². The van der Waals surface area contributed by atoms with Gasteiger partial charge in [0, 0.05) is 51.2 Å². The summed E-state index contributed by atoms with van der Waals surface area (Å²) in [6, 6.07) is 0.634. The Balaban J connectivity index is 1.44. The number of hydrogen-bond acceptors (Lipinski definition) is 3. The van der Waals surface area contributed by atoms with Crippen molar-refractivity contribution in [2.45, 2.75) is 51.0 Å². The molecular weight excluding hydrogens is 250 g/mol. The van der Waals surface area contributed by atoms with Gasteiger partial charge in [-0.3, -0.25) is 9.69 Å². The van der Waals surface area contributed by atoms with Crippen molar-refractivity contribution in [2.75, 3.05) is 39.3 Å². The molecule has 20 heavy (non-hydrogen) atoms. The number of carbonyl (C=O) groups excluding carboxylic acids is 1. The topological polar surface area (TPSA) is 35.6 Å². The van der Waals surface area contributed by atoms with Crippen molar-refractivity contribution in [3.05, 3.63) is 0 Å². The lowest BCUT2D eigenvalue weighted by Gasteiger charge is -2.47. The first-order valence-electron chi connectivity index (χ1n) is 8.58. The number of likely N-dealkylation sites (tertiary alicyclic amines) is 1. The van der Waals surface area contributed by atoms with E-state index in [1.165, 1.54) is 32.1 Å². The van der Waals surface area contributed by atoms with Crippen LogP contribution in [0, 0.1) is 5.92 Å². The summed E-state index contributed by atoms with van der Waals surface area (Å²) >= 11 is 0. The van der Waals surface area contributed by atoms with Crippen LogP contribution in [0.2, 0.25) is 0 Å². The molecule has 2 saturated heterocycles. The number of hydrogen-bond donors (Lipinski definition) is 1. The van der Waals surface area contributed by atoms with Crippen molar-refractivity contribution in [1.29, 1.82) is 0 Å². The number of nitrogens with zero attached hydrogens (tertiary/aromatic N) is 2. The van der Waals surface area contributed by atoms with E-state index in [-0.39, 0.29) is 0 Å². The molecule has 0 aromatic carbocycles. The third-order valence-electron chi connectivity index (χ3n) is 5.30. The maximum Gasteiger partial charge on any atom is 0.225 e. The zero-order valence-corrected chi connectivity index (χ0v) is 12.6. The minimum Gasteiger partial charge on any atom is -0.339 e. The van der Waals surface area contributed by atoms with Gasteiger partial charge in [0.2, 0.25) is 5.91 Å². The van der Waals surface area contributed by atoms with Crippen LogP contribution >= 0.6 is 0 Å². The molecule has 1 N–H and O–H groups in total. The van der Waals surface area contributed by atoms with E-state index in [2.05, 4.69) is 15.1 Å². The highest BCUT2D eigenvalue weighted by molar-refractivity contribution is 5.79. The molecule has 0 radical (unpaired) electrons. The Labute approximate surface area is 122 Å². The fraction of sp³-hybridized carbons (Fsp3) is 0.938. The smallest absolute Gasteiger partial charge is 0.225 e. The molecule has 114 valence electrons. The van der Waals surface area contributed by atoms with Gasteiger partial charge in [-0.15, -0.1) is 0 Å². The SMILES string of the molecule is O=C(C1CCCCCCC1)N1CC(N2CCNCC2)C1. The van der Waals surface area contributed by atoms with E-state index in [0.29, 0.717) is 17.9 Å². The molecule has 0 bridgehead atoms. The quantitative estimate of drug-likeness (QED) is 0.831. The lowest BCUT2D eigenvalue weighted by atomic mass is 9.89. The van der Waals surface area contributed by atoms with Crippen molar-refractivity contribution in [3.8, 4) is 0 Å². The molecule has 1 amide bonds. The van der Waals surface area contributed by atoms with E-state index in [0.717, 1.165) is 52.1 Å². The van der Waals surface area contributed by atoms with E-state index >= 15 is 0 Å². The van der Waals surface area contributed by atoms with E-state index < -0.39 is 0 Å². The highest BCUT2D eigenvalue weighted by Gasteiger charge is 2.37. The highest BCUT2D eigenvalue weighted by atomic mass is 16.2. The third kappa shape index (κ3) is 3.34. The molecule has 3 aliphatic rings. The molecule has 2 heterocycles. The van der Waals surface area contributed by atoms with Crippen molar-refractivity contribution in [1.82, 2.24) is 15.1 Å². The van der Waals surface area contributed by atoms with Crippen molar-refractivity contribution in [3.63, 3.8) is 0 Å². The predicted molar refractivity (Wildman–Crippen MR) is 80.6 cm³/mol. The standard InChI is InChI=1S/C16H29N3O/c20-16(14-6-4-2-1-3-5-7-14)19-12-15(13-19)18-10-8-17-9-11-18/h14-15,17H,1-13H2. The Morgan fingerprint density at radius 1 is 0.900 bits per heavy atom. The van der Waals surface area contributed by atoms with Crippen LogP contribution < -0.4 is 5.32 Å². The number of piperazine rings is 1. The zero-order valence-electron chi connectivity index (χ0n) is 12.6. The van der Waals surface area contributed by atoms with Gasteiger partial charge in [0.1, 0.15) is 0 Å². The van der Waals surface area contributed by atoms with Crippen LogP contribution in [0.5, 0.6) is 0 Å². The van der Waals surface area contributed by atoms with Crippen molar-refractivity contribution >= 4 is 5.91 Å². The van der Waals surface area contributed by atoms with Crippen LogP contribution in [0.15, 0.2) is 0 Å². The molecule has 3 fully saturated rings. The van der Waals surface area contributed by atoms with E-state index in [9.17, 15) is 4.79 Å². The van der Waals surface area contributed by atoms with Crippen molar-refractivity contribution in [2.24, 2.45) is 5.92 Å². The summed E-state index contributed by atoms with van der Waals surface area (Å²) in [5.41, 5.74) is 0. The normalized spacial score (nSPS) is 27.7. The largest absolute Gasteiger partial charge is 0.339 e. The molecule has 0 atom stereocenters. The van der Waals surface area contributed by atoms with Gasteiger partial charge < -0.3 is 10.2 Å². The van der Waals surface area contributed by atoms with Crippen LogP contribution in [0.3, 0.4) is 0 Å². The second-order valence-electron chi connectivity index (χ2n) is 6.73. The summed E-state index contributed by atoms with van der Waals surface area (Å²) in [5, 5.41) is 3.39. The van der Waals surface area contributed by atoms with Gasteiger partial charge in [0.15, 0.2) is 0 Å². The Kier molecular flexibility index (Phi) is 4.94. The number of rotatable bonds is 2. The maximum absolute atomic E-state index is 12.6. The van der Waals surface area contributed by atoms with Gasteiger partial charge in [-0.25, -0.2) is 0 Å². The Hall–Kier alpha value is -0.610. The average Bonchev–Trinajstić information content (AvgIpc) is 2.37. The minimum atomic E-state index is 0.333. The van der Waals surface area contributed by atoms with Gasteiger partial charge >= 0.3 is 0 Å². The molecule has 3 rings (SSSR count). The molecule has 0 spiro atoms. The van der Waals surface area contributed by atoms with Gasteiger partial charge in [-0.1, -0.05) is 32.1 Å². The third-order valence-corrected chi connectivity index (χ3v) is 5.30. The van der Waals surface area contributed by atoms with E-state index in [1.54, 1.807) is 0 Å². The monoisotopic (exact) mass is 279 g/mol. The summed E-state index contributed by atoms with van der Waals surface area (Å²) in [7, 11) is 0. The number of amides is 1. The first kappa shape index (κ1) is 14.3. The average molecular weight is 279 g/mol. The molecule has 1 aliphatic carbocycles. The van der Waals surface area contributed by atoms with E-state index in [4.69, 9.17) is 0 Å². The molecule has 0 unspecified atom stereocenters. The summed E-state index contributed by atoms with van der Waals surface area (Å²) in [6.45, 7) is 6.47. The van der Waals surface area contributed by atoms with Crippen LogP contribution in [0.4, 0.5) is 0 Å². The first-order valence-corrected chi connectivity index (χ1v) is 8.58. The van der Waals surface area contributed by atoms with Gasteiger partial charge in [0.25, 0.3) is 0 Å². The summed E-state index contributed by atoms with van der Waals surface area (Å²) in [4.78, 5) is 17.2. The first-order chi connectivity index (χ1) is 9.84. The fourth-order valence-corrected chi connectivity index (χ4v) is 3.87. The summed E-state index contributed by atoms with van der Waals surface area (Å²) in [5.74, 6) is 0.789. The van der Waals surface area contributed by atoms with Gasteiger partial charge in [-0.2, -0.15) is 0 Å². The maximum atomic E-state index is 12.6. The summed E-state index contributed by atoms with van der Waals surface area (Å²) < 4.78 is 0. The Bertz CT molecular complexity index is 314. The second kappa shape index (κ2) is 6.90. The van der Waals surface area contributed by atoms with Crippen LogP contribution in [0.25, 0.3) is 0 Å². The molecule has 1 saturated carbocycles. The van der Waals surface area contributed by atoms with Crippen LogP contribution in [-0.2, 0) is 4.79 Å². The number of carbonyl (C=O) groups is 1. The number of nitrogens with one attached hydrogen (secondary N) is 1. The van der Waals surface area contributed by atoms with Gasteiger partial charge in [0.05, 0.1) is 0 Å².